The van der Waals surface area contributed by atoms with E-state index in [0.717, 1.165) is 19.1 Å². The zero-order chi connectivity index (χ0) is 14.5. The van der Waals surface area contributed by atoms with Crippen molar-refractivity contribution in [2.45, 2.75) is 63.6 Å². The van der Waals surface area contributed by atoms with Crippen LogP contribution in [0.2, 0.25) is 0 Å². The highest BCUT2D eigenvalue weighted by Crippen LogP contribution is 2.27. The van der Waals surface area contributed by atoms with E-state index in [4.69, 9.17) is 0 Å². The number of anilines is 1. The summed E-state index contributed by atoms with van der Waals surface area (Å²) in [4.78, 5) is 2.41. The molecule has 116 valence electrons. The zero-order valence-electron chi connectivity index (χ0n) is 12.9. The maximum atomic E-state index is 9.38. The lowest BCUT2D eigenvalue weighted by Crippen LogP contribution is -2.38. The first-order valence-electron chi connectivity index (χ1n) is 8.56. The standard InChI is InChI=1S/C18H28N2O/c21-13-12-20(17-4-2-1-3-5-17)18-10-6-15(7-11-18)14-19-16-8-9-16/h6-7,10-11,16-17,19,21H,1-5,8-9,12-14H2. The van der Waals surface area contributed by atoms with Gasteiger partial charge in [-0.2, -0.15) is 0 Å². The lowest BCUT2D eigenvalue weighted by Gasteiger charge is -2.36. The summed E-state index contributed by atoms with van der Waals surface area (Å²) in [6, 6.07) is 10.3. The number of benzene rings is 1. The zero-order valence-corrected chi connectivity index (χ0v) is 12.9. The van der Waals surface area contributed by atoms with Crippen molar-refractivity contribution in [2.24, 2.45) is 0 Å². The van der Waals surface area contributed by atoms with E-state index in [0.29, 0.717) is 6.04 Å². The fourth-order valence-corrected chi connectivity index (χ4v) is 3.38. The van der Waals surface area contributed by atoms with Gasteiger partial charge in [0.1, 0.15) is 0 Å². The number of hydrogen-bond donors (Lipinski definition) is 2. The first-order valence-corrected chi connectivity index (χ1v) is 8.56. The molecular formula is C18H28N2O. The van der Waals surface area contributed by atoms with Crippen molar-refractivity contribution < 1.29 is 5.11 Å². The maximum absolute atomic E-state index is 9.38. The third-order valence-corrected chi connectivity index (χ3v) is 4.80. The van der Waals surface area contributed by atoms with Crippen molar-refractivity contribution in [3.8, 4) is 0 Å². The highest BCUT2D eigenvalue weighted by atomic mass is 16.3. The van der Waals surface area contributed by atoms with Crippen molar-refractivity contribution in [2.75, 3.05) is 18.1 Å². The molecule has 0 radical (unpaired) electrons. The van der Waals surface area contributed by atoms with Crippen LogP contribution in [0.1, 0.15) is 50.5 Å². The Morgan fingerprint density at radius 2 is 1.71 bits per heavy atom. The molecule has 0 heterocycles. The van der Waals surface area contributed by atoms with Crippen LogP contribution >= 0.6 is 0 Å². The van der Waals surface area contributed by atoms with Gasteiger partial charge in [-0.1, -0.05) is 31.4 Å². The summed E-state index contributed by atoms with van der Waals surface area (Å²) in [5.41, 5.74) is 2.63. The Kier molecular flexibility index (Phi) is 5.15. The van der Waals surface area contributed by atoms with Crippen LogP contribution in [0.4, 0.5) is 5.69 Å². The average Bonchev–Trinajstić information content (AvgIpc) is 3.36. The molecule has 1 aromatic carbocycles. The van der Waals surface area contributed by atoms with Gasteiger partial charge in [0.05, 0.1) is 6.61 Å². The fraction of sp³-hybridized carbons (Fsp3) is 0.667. The van der Waals surface area contributed by atoms with Gasteiger partial charge < -0.3 is 15.3 Å². The number of nitrogens with one attached hydrogen (secondary N) is 1. The molecule has 0 atom stereocenters. The van der Waals surface area contributed by atoms with Crippen LogP contribution < -0.4 is 10.2 Å². The smallest absolute Gasteiger partial charge is 0.0606 e. The van der Waals surface area contributed by atoms with E-state index in [1.54, 1.807) is 0 Å². The Balaban J connectivity index is 1.63. The van der Waals surface area contributed by atoms with Gasteiger partial charge in [0.2, 0.25) is 0 Å². The van der Waals surface area contributed by atoms with Crippen molar-refractivity contribution in [1.82, 2.24) is 5.32 Å². The Labute approximate surface area is 128 Å². The highest BCUT2D eigenvalue weighted by Gasteiger charge is 2.22. The van der Waals surface area contributed by atoms with Gasteiger partial charge in [-0.15, -0.1) is 0 Å². The Morgan fingerprint density at radius 3 is 2.33 bits per heavy atom. The quantitative estimate of drug-likeness (QED) is 0.809. The highest BCUT2D eigenvalue weighted by molar-refractivity contribution is 5.48. The summed E-state index contributed by atoms with van der Waals surface area (Å²) in [7, 11) is 0. The van der Waals surface area contributed by atoms with Gasteiger partial charge in [0.15, 0.2) is 0 Å². The van der Waals surface area contributed by atoms with E-state index in [1.807, 2.05) is 0 Å². The predicted molar refractivity (Wildman–Crippen MR) is 87.6 cm³/mol. The monoisotopic (exact) mass is 288 g/mol. The van der Waals surface area contributed by atoms with E-state index in [2.05, 4.69) is 34.5 Å². The molecule has 2 N–H and O–H groups in total. The molecule has 0 amide bonds. The normalized spacial score (nSPS) is 19.7. The second-order valence-electron chi connectivity index (χ2n) is 6.53. The summed E-state index contributed by atoms with van der Waals surface area (Å²) in [5, 5.41) is 12.9. The summed E-state index contributed by atoms with van der Waals surface area (Å²) in [6.07, 6.45) is 9.24. The number of rotatable bonds is 7. The lowest BCUT2D eigenvalue weighted by molar-refractivity contribution is 0.290. The minimum Gasteiger partial charge on any atom is -0.395 e. The molecule has 0 spiro atoms. The molecule has 0 unspecified atom stereocenters. The summed E-state index contributed by atoms with van der Waals surface area (Å²) in [5.74, 6) is 0. The molecule has 2 aliphatic rings. The van der Waals surface area contributed by atoms with Crippen LogP contribution in [-0.4, -0.2) is 30.3 Å². The van der Waals surface area contributed by atoms with Gasteiger partial charge in [-0.05, 0) is 43.4 Å². The van der Waals surface area contributed by atoms with E-state index >= 15 is 0 Å². The maximum Gasteiger partial charge on any atom is 0.0606 e. The van der Waals surface area contributed by atoms with Crippen molar-refractivity contribution in [1.29, 1.82) is 0 Å². The van der Waals surface area contributed by atoms with Crippen LogP contribution in [0.25, 0.3) is 0 Å². The van der Waals surface area contributed by atoms with Gasteiger partial charge in [0, 0.05) is 30.9 Å². The van der Waals surface area contributed by atoms with Crippen molar-refractivity contribution in [3.63, 3.8) is 0 Å². The van der Waals surface area contributed by atoms with Crippen molar-refractivity contribution >= 4 is 5.69 Å². The number of aliphatic hydroxyl groups is 1. The third-order valence-electron chi connectivity index (χ3n) is 4.80. The van der Waals surface area contributed by atoms with Gasteiger partial charge >= 0.3 is 0 Å². The van der Waals surface area contributed by atoms with E-state index in [1.165, 1.54) is 56.2 Å². The minimum absolute atomic E-state index is 0.238. The second kappa shape index (κ2) is 7.28. The summed E-state index contributed by atoms with van der Waals surface area (Å²) >= 11 is 0. The van der Waals surface area contributed by atoms with Crippen LogP contribution in [-0.2, 0) is 6.54 Å². The molecule has 3 heteroatoms. The van der Waals surface area contributed by atoms with Gasteiger partial charge in [-0.25, -0.2) is 0 Å². The van der Waals surface area contributed by atoms with E-state index in [-0.39, 0.29) is 6.61 Å². The number of aliphatic hydroxyl groups excluding tert-OH is 1. The minimum atomic E-state index is 0.238. The molecule has 0 aliphatic heterocycles. The molecule has 3 rings (SSSR count). The van der Waals surface area contributed by atoms with E-state index < -0.39 is 0 Å². The molecule has 3 nitrogen and oxygen atoms in total. The predicted octanol–water partition coefficient (Wildman–Crippen LogP) is 3.07. The number of nitrogens with zero attached hydrogens (tertiary/aromatic N) is 1. The lowest BCUT2D eigenvalue weighted by atomic mass is 9.93. The summed E-state index contributed by atoms with van der Waals surface area (Å²) in [6.45, 7) is 1.97. The first kappa shape index (κ1) is 14.9. The molecule has 2 saturated carbocycles. The molecular weight excluding hydrogens is 260 g/mol. The first-order chi connectivity index (χ1) is 10.4. The number of hydrogen-bond acceptors (Lipinski definition) is 3. The molecule has 0 aromatic heterocycles. The summed E-state index contributed by atoms with van der Waals surface area (Å²) < 4.78 is 0. The molecule has 2 fully saturated rings. The molecule has 1 aromatic rings. The van der Waals surface area contributed by atoms with Gasteiger partial charge in [-0.3, -0.25) is 0 Å². The Hall–Kier alpha value is -1.06. The van der Waals surface area contributed by atoms with Crippen LogP contribution in [0, 0.1) is 0 Å². The molecule has 0 saturated heterocycles. The van der Waals surface area contributed by atoms with Crippen LogP contribution in [0.15, 0.2) is 24.3 Å². The van der Waals surface area contributed by atoms with Crippen LogP contribution in [0.5, 0.6) is 0 Å². The second-order valence-corrected chi connectivity index (χ2v) is 6.53. The molecule has 2 aliphatic carbocycles. The SMILES string of the molecule is OCCN(c1ccc(CNC2CC2)cc1)C1CCCCC1. The average molecular weight is 288 g/mol. The Bertz CT molecular complexity index is 421. The fourth-order valence-electron chi connectivity index (χ4n) is 3.38. The topological polar surface area (TPSA) is 35.5 Å². The van der Waals surface area contributed by atoms with Crippen molar-refractivity contribution in [3.05, 3.63) is 29.8 Å². The van der Waals surface area contributed by atoms with E-state index in [9.17, 15) is 5.11 Å². The molecule has 21 heavy (non-hydrogen) atoms. The molecule has 0 bridgehead atoms. The van der Waals surface area contributed by atoms with Crippen LogP contribution in [0.3, 0.4) is 0 Å². The van der Waals surface area contributed by atoms with Gasteiger partial charge in [0.25, 0.3) is 0 Å². The third kappa shape index (κ3) is 4.21. The Morgan fingerprint density at radius 1 is 1.00 bits per heavy atom. The largest absolute Gasteiger partial charge is 0.395 e.